The van der Waals surface area contributed by atoms with Crippen LogP contribution < -0.4 is 9.05 Å². The second-order valence-corrected chi connectivity index (χ2v) is 10.8. The fraction of sp³-hybridized carbons (Fsp3) is 0.368. The minimum atomic E-state index is -3.05. The molecule has 0 heterocycles. The van der Waals surface area contributed by atoms with Crippen molar-refractivity contribution in [3.05, 3.63) is 59.7 Å². The van der Waals surface area contributed by atoms with Crippen molar-refractivity contribution in [3.8, 4) is 11.5 Å². The second-order valence-electron chi connectivity index (χ2n) is 6.51. The van der Waals surface area contributed by atoms with Crippen LogP contribution >= 0.6 is 18.3 Å². The first kappa shape index (κ1) is 18.1. The van der Waals surface area contributed by atoms with Crippen molar-refractivity contribution in [1.29, 1.82) is 0 Å². The minimum absolute atomic E-state index is 0.251. The molecule has 4 heteroatoms. The van der Waals surface area contributed by atoms with E-state index in [2.05, 4.69) is 20.8 Å². The number of benzene rings is 2. The molecule has 0 radical (unpaired) electrons. The molecule has 0 N–H and O–H groups in total. The molecule has 0 atom stereocenters. The molecule has 0 fully saturated rings. The molecule has 0 aliphatic carbocycles. The van der Waals surface area contributed by atoms with Gasteiger partial charge in [-0.3, -0.25) is 0 Å². The molecule has 0 aliphatic rings. The average Bonchev–Trinajstić information content (AvgIpc) is 2.52. The summed E-state index contributed by atoms with van der Waals surface area (Å²) in [5.41, 5.74) is 2.12. The Morgan fingerprint density at radius 2 is 1.26 bits per heavy atom. The molecule has 2 nitrogen and oxygen atoms in total. The fourth-order valence-electron chi connectivity index (χ4n) is 2.13. The molecule has 2 aromatic rings. The van der Waals surface area contributed by atoms with Crippen molar-refractivity contribution in [2.24, 2.45) is 0 Å². The summed E-state index contributed by atoms with van der Waals surface area (Å²) in [4.78, 5) is 0. The quantitative estimate of drug-likeness (QED) is 0.539. The zero-order chi connectivity index (χ0) is 17.1. The Kier molecular flexibility index (Phi) is 5.60. The number of halogens is 1. The van der Waals surface area contributed by atoms with Crippen molar-refractivity contribution in [2.45, 2.75) is 46.2 Å². The maximum absolute atomic E-state index is 7.04. The summed E-state index contributed by atoms with van der Waals surface area (Å²) in [7, 11) is -3.05. The van der Waals surface area contributed by atoms with Gasteiger partial charge in [-0.05, 0) is 0 Å². The van der Waals surface area contributed by atoms with Crippen LogP contribution in [0.15, 0.2) is 48.5 Å². The third-order valence-electron chi connectivity index (χ3n) is 4.36. The van der Waals surface area contributed by atoms with Gasteiger partial charge in [0.05, 0.1) is 0 Å². The van der Waals surface area contributed by atoms with E-state index >= 15 is 0 Å². The Morgan fingerprint density at radius 3 is 1.61 bits per heavy atom. The van der Waals surface area contributed by atoms with Gasteiger partial charge < -0.3 is 0 Å². The van der Waals surface area contributed by atoms with E-state index in [0.717, 1.165) is 29.0 Å². The molecular formula is C19H26ClO2P. The van der Waals surface area contributed by atoms with Crippen LogP contribution in [-0.2, 0) is 0 Å². The summed E-state index contributed by atoms with van der Waals surface area (Å²) in [6.45, 7) is 10.4. The third-order valence-corrected chi connectivity index (χ3v) is 9.29. The van der Waals surface area contributed by atoms with Gasteiger partial charge in [-0.2, -0.15) is 0 Å². The van der Waals surface area contributed by atoms with Crippen LogP contribution in [0.3, 0.4) is 0 Å². The predicted molar refractivity (Wildman–Crippen MR) is 102 cm³/mol. The fourth-order valence-corrected chi connectivity index (χ4v) is 5.07. The van der Waals surface area contributed by atoms with Gasteiger partial charge >= 0.3 is 145 Å². The van der Waals surface area contributed by atoms with Crippen molar-refractivity contribution >= 4 is 18.3 Å². The molecule has 2 aromatic carbocycles. The number of para-hydroxylation sites is 2. The number of hydrogen-bond acceptors (Lipinski definition) is 2. The van der Waals surface area contributed by atoms with Gasteiger partial charge in [0, 0.05) is 0 Å². The second kappa shape index (κ2) is 7.11. The molecule has 0 spiro atoms. The number of hydrogen-bond donors (Lipinski definition) is 0. The van der Waals surface area contributed by atoms with Gasteiger partial charge in [0.1, 0.15) is 0 Å². The van der Waals surface area contributed by atoms with Crippen LogP contribution in [0.25, 0.3) is 0 Å². The molecule has 0 saturated heterocycles. The van der Waals surface area contributed by atoms with Crippen LogP contribution in [0, 0.1) is 13.8 Å². The molecular weight excluding hydrogens is 327 g/mol. The topological polar surface area (TPSA) is 18.5 Å². The SMILES string of the molecule is CCC(C)(C)[PH](Cl)(Oc1ccccc1C)Oc1ccccc1C. The summed E-state index contributed by atoms with van der Waals surface area (Å²) < 4.78 is 12.7. The van der Waals surface area contributed by atoms with Crippen molar-refractivity contribution < 1.29 is 9.05 Å². The third kappa shape index (κ3) is 4.00. The Morgan fingerprint density at radius 1 is 0.870 bits per heavy atom. The maximum atomic E-state index is 7.04. The molecule has 0 aliphatic heterocycles. The normalized spacial score (nSPS) is 12.8. The first-order chi connectivity index (χ1) is 10.8. The van der Waals surface area contributed by atoms with E-state index in [1.165, 1.54) is 0 Å². The van der Waals surface area contributed by atoms with E-state index in [1.807, 2.05) is 62.4 Å². The Bertz CT molecular complexity index is 622. The van der Waals surface area contributed by atoms with Crippen LogP contribution in [0.2, 0.25) is 0 Å². The van der Waals surface area contributed by atoms with Gasteiger partial charge in [0.15, 0.2) is 0 Å². The van der Waals surface area contributed by atoms with Crippen LogP contribution in [0.4, 0.5) is 0 Å². The van der Waals surface area contributed by atoms with Crippen LogP contribution in [0.5, 0.6) is 11.5 Å². The number of rotatable bonds is 6. The van der Waals surface area contributed by atoms with Crippen LogP contribution in [-0.4, -0.2) is 5.16 Å². The van der Waals surface area contributed by atoms with Crippen molar-refractivity contribution in [3.63, 3.8) is 0 Å². The zero-order valence-corrected chi connectivity index (χ0v) is 16.3. The van der Waals surface area contributed by atoms with E-state index in [1.54, 1.807) is 0 Å². The van der Waals surface area contributed by atoms with E-state index in [0.29, 0.717) is 0 Å². The summed E-state index contributed by atoms with van der Waals surface area (Å²) in [6, 6.07) is 15.8. The van der Waals surface area contributed by atoms with E-state index in [9.17, 15) is 0 Å². The Balaban J connectivity index is 2.41. The summed E-state index contributed by atoms with van der Waals surface area (Å²) >= 11 is 7.04. The van der Waals surface area contributed by atoms with E-state index in [-0.39, 0.29) is 5.16 Å². The summed E-state index contributed by atoms with van der Waals surface area (Å²) in [5, 5.41) is -0.251. The summed E-state index contributed by atoms with van der Waals surface area (Å²) in [6.07, 6.45) is 0.875. The Labute approximate surface area is 145 Å². The van der Waals surface area contributed by atoms with E-state index < -0.39 is 7.07 Å². The first-order valence-corrected chi connectivity index (χ1v) is 10.8. The monoisotopic (exact) mass is 352 g/mol. The molecule has 0 amide bonds. The van der Waals surface area contributed by atoms with Gasteiger partial charge in [-0.25, -0.2) is 0 Å². The van der Waals surface area contributed by atoms with Crippen molar-refractivity contribution in [1.82, 2.24) is 0 Å². The molecule has 0 saturated carbocycles. The van der Waals surface area contributed by atoms with Gasteiger partial charge in [-0.1, -0.05) is 0 Å². The summed E-state index contributed by atoms with van der Waals surface area (Å²) in [5.74, 6) is 1.59. The molecule has 126 valence electrons. The molecule has 0 bridgehead atoms. The van der Waals surface area contributed by atoms with Gasteiger partial charge in [0.2, 0.25) is 0 Å². The molecule has 2 rings (SSSR count). The van der Waals surface area contributed by atoms with Gasteiger partial charge in [-0.15, -0.1) is 0 Å². The number of aryl methyl sites for hydroxylation is 2. The molecule has 0 unspecified atom stereocenters. The standard InChI is InChI=1S/C19H26ClO2P/c1-6-19(4,5)23(20,21-17-13-9-7-11-15(17)2)22-18-14-10-8-12-16(18)3/h7-14,23H,6H2,1-5H3. The molecule has 23 heavy (non-hydrogen) atoms. The average molecular weight is 353 g/mol. The first-order valence-electron chi connectivity index (χ1n) is 7.97. The molecule has 0 aromatic heterocycles. The predicted octanol–water partition coefficient (Wildman–Crippen LogP) is 6.68. The zero-order valence-electron chi connectivity index (χ0n) is 14.5. The van der Waals surface area contributed by atoms with Crippen molar-refractivity contribution in [2.75, 3.05) is 0 Å². The van der Waals surface area contributed by atoms with Crippen LogP contribution in [0.1, 0.15) is 38.3 Å². The van der Waals surface area contributed by atoms with Gasteiger partial charge in [0.25, 0.3) is 0 Å². The Hall–Kier alpha value is -1.24. The van der Waals surface area contributed by atoms with E-state index in [4.69, 9.17) is 20.3 Å².